The van der Waals surface area contributed by atoms with Gasteiger partial charge in [-0.1, -0.05) is 6.07 Å². The van der Waals surface area contributed by atoms with Gasteiger partial charge in [-0.3, -0.25) is 20.3 Å². The van der Waals surface area contributed by atoms with Crippen molar-refractivity contribution in [2.75, 3.05) is 25.0 Å². The Balaban J connectivity index is 1.61. The van der Waals surface area contributed by atoms with Crippen LogP contribution in [-0.2, 0) is 33.5 Å². The Labute approximate surface area is 223 Å². The van der Waals surface area contributed by atoms with E-state index >= 15 is 0 Å². The monoisotopic (exact) mass is 519 g/mol. The highest BCUT2D eigenvalue weighted by Crippen LogP contribution is 2.30. The van der Waals surface area contributed by atoms with Gasteiger partial charge in [0.05, 0.1) is 30.7 Å². The molecule has 0 bridgehead atoms. The number of amidine groups is 1. The van der Waals surface area contributed by atoms with E-state index in [2.05, 4.69) is 17.6 Å². The minimum atomic E-state index is -1.12. The number of hydrogen-bond donors (Lipinski definition) is 4. The number of hydrogen-bond acceptors (Lipinski definition) is 7. The molecule has 4 rings (SSSR count). The van der Waals surface area contributed by atoms with E-state index in [0.717, 1.165) is 41.0 Å². The molecule has 0 unspecified atom stereocenters. The molecule has 1 amide bonds. The molecular weight excluding hydrogens is 482 g/mol. The van der Waals surface area contributed by atoms with Crippen LogP contribution in [0.25, 0.3) is 11.0 Å². The summed E-state index contributed by atoms with van der Waals surface area (Å²) in [6.45, 7) is 7.05. The number of nitrogens with zero attached hydrogens (tertiary/aromatic N) is 3. The van der Waals surface area contributed by atoms with Gasteiger partial charge in [0, 0.05) is 30.9 Å². The lowest BCUT2D eigenvalue weighted by Crippen LogP contribution is -2.55. The molecule has 38 heavy (non-hydrogen) atoms. The van der Waals surface area contributed by atoms with Gasteiger partial charge in [-0.05, 0) is 75.6 Å². The van der Waals surface area contributed by atoms with Crippen LogP contribution in [0.15, 0.2) is 42.5 Å². The second-order valence-corrected chi connectivity index (χ2v) is 9.91. The molecule has 1 fully saturated rings. The standard InChI is InChI=1S/C28H37N7O3/c1-5-38-25(36)17-32-28(3,27(37)35-14-6-7-18(35)2)20-10-13-23-22(15-20)33-24(34(23)4)16-31-21-11-8-19(9-12-21)26(29)30/h8-13,15,18,31-32H,5-7,14,16-17H2,1-4H3,(H3,29,30)/t18-,28-/m1/s1. The average molecular weight is 520 g/mol. The van der Waals surface area contributed by atoms with Gasteiger partial charge in [-0.15, -0.1) is 0 Å². The van der Waals surface area contributed by atoms with E-state index in [4.69, 9.17) is 20.9 Å². The molecule has 0 spiro atoms. The fourth-order valence-electron chi connectivity index (χ4n) is 4.95. The first-order valence-electron chi connectivity index (χ1n) is 13.0. The first-order chi connectivity index (χ1) is 18.1. The van der Waals surface area contributed by atoms with Gasteiger partial charge >= 0.3 is 5.97 Å². The molecule has 2 heterocycles. The minimum Gasteiger partial charge on any atom is -0.465 e. The maximum absolute atomic E-state index is 13.8. The summed E-state index contributed by atoms with van der Waals surface area (Å²) in [6, 6.07) is 13.3. The van der Waals surface area contributed by atoms with E-state index in [1.54, 1.807) is 19.1 Å². The number of fused-ring (bicyclic) bond motifs is 1. The van der Waals surface area contributed by atoms with E-state index in [0.29, 0.717) is 18.7 Å². The van der Waals surface area contributed by atoms with Crippen molar-refractivity contribution in [1.29, 1.82) is 5.41 Å². The van der Waals surface area contributed by atoms with Crippen LogP contribution in [0.2, 0.25) is 0 Å². The van der Waals surface area contributed by atoms with Crippen molar-refractivity contribution in [1.82, 2.24) is 19.8 Å². The fraction of sp³-hybridized carbons (Fsp3) is 0.429. The van der Waals surface area contributed by atoms with Gasteiger partial charge in [-0.25, -0.2) is 4.98 Å². The van der Waals surface area contributed by atoms with Crippen molar-refractivity contribution < 1.29 is 14.3 Å². The first-order valence-corrected chi connectivity index (χ1v) is 13.0. The quantitative estimate of drug-likeness (QED) is 0.184. The summed E-state index contributed by atoms with van der Waals surface area (Å²) in [6.07, 6.45) is 1.93. The molecule has 1 aliphatic heterocycles. The lowest BCUT2D eigenvalue weighted by atomic mass is 9.89. The first kappa shape index (κ1) is 27.1. The molecule has 0 radical (unpaired) electrons. The SMILES string of the molecule is CCOC(=O)CN[C@@](C)(C(=O)N1CCC[C@H]1C)c1ccc2c(c1)nc(CNc1ccc(C(=N)N)cc1)n2C. The topological polar surface area (TPSA) is 138 Å². The number of anilines is 1. The van der Waals surface area contributed by atoms with E-state index in [1.807, 2.05) is 53.8 Å². The Morgan fingerprint density at radius 3 is 2.61 bits per heavy atom. The molecular formula is C28H37N7O3. The van der Waals surface area contributed by atoms with Crippen molar-refractivity contribution in [2.45, 2.75) is 51.7 Å². The van der Waals surface area contributed by atoms with Gasteiger partial charge in [0.25, 0.3) is 0 Å². The van der Waals surface area contributed by atoms with Crippen molar-refractivity contribution in [2.24, 2.45) is 12.8 Å². The van der Waals surface area contributed by atoms with Gasteiger partial charge in [0.2, 0.25) is 5.91 Å². The highest BCUT2D eigenvalue weighted by molar-refractivity contribution is 5.95. The fourth-order valence-corrected chi connectivity index (χ4v) is 4.95. The summed E-state index contributed by atoms with van der Waals surface area (Å²) in [5, 5.41) is 14.1. The lowest BCUT2D eigenvalue weighted by Gasteiger charge is -2.35. The summed E-state index contributed by atoms with van der Waals surface area (Å²) >= 11 is 0. The maximum atomic E-state index is 13.8. The molecule has 10 nitrogen and oxygen atoms in total. The Bertz CT molecular complexity index is 1330. The van der Waals surface area contributed by atoms with Crippen LogP contribution >= 0.6 is 0 Å². The summed E-state index contributed by atoms with van der Waals surface area (Å²) in [4.78, 5) is 32.8. The number of likely N-dealkylation sites (tertiary alicyclic amines) is 1. The number of nitrogen functional groups attached to an aromatic ring is 1. The van der Waals surface area contributed by atoms with E-state index < -0.39 is 11.5 Å². The number of imidazole rings is 1. The van der Waals surface area contributed by atoms with Crippen LogP contribution in [0.4, 0.5) is 5.69 Å². The van der Waals surface area contributed by atoms with Crippen molar-refractivity contribution >= 4 is 34.4 Å². The predicted molar refractivity (Wildman–Crippen MR) is 148 cm³/mol. The minimum absolute atomic E-state index is 0.0316. The Morgan fingerprint density at radius 2 is 1.97 bits per heavy atom. The molecule has 0 aliphatic carbocycles. The number of carbonyl (C=O) groups is 2. The molecule has 1 aliphatic rings. The van der Waals surface area contributed by atoms with Crippen LogP contribution in [0, 0.1) is 5.41 Å². The lowest BCUT2D eigenvalue weighted by molar-refractivity contribution is -0.144. The van der Waals surface area contributed by atoms with Crippen LogP contribution < -0.4 is 16.4 Å². The number of esters is 1. The van der Waals surface area contributed by atoms with Crippen LogP contribution in [0.5, 0.6) is 0 Å². The smallest absolute Gasteiger partial charge is 0.319 e. The molecule has 3 aromatic rings. The number of aromatic nitrogens is 2. The maximum Gasteiger partial charge on any atom is 0.319 e. The number of benzene rings is 2. The number of aryl methyl sites for hydroxylation is 1. The number of amides is 1. The zero-order valence-electron chi connectivity index (χ0n) is 22.5. The van der Waals surface area contributed by atoms with Gasteiger partial charge in [0.15, 0.2) is 0 Å². The van der Waals surface area contributed by atoms with Gasteiger partial charge < -0.3 is 25.3 Å². The molecule has 1 saturated heterocycles. The summed E-state index contributed by atoms with van der Waals surface area (Å²) < 4.78 is 7.12. The molecule has 2 atom stereocenters. The molecule has 2 aromatic carbocycles. The second kappa shape index (κ2) is 11.2. The summed E-state index contributed by atoms with van der Waals surface area (Å²) in [5.74, 6) is 0.403. The van der Waals surface area contributed by atoms with E-state index in [9.17, 15) is 9.59 Å². The molecule has 10 heteroatoms. The number of rotatable bonds is 10. The largest absolute Gasteiger partial charge is 0.465 e. The third kappa shape index (κ3) is 5.50. The number of carbonyl (C=O) groups excluding carboxylic acids is 2. The Morgan fingerprint density at radius 1 is 1.24 bits per heavy atom. The third-order valence-corrected chi connectivity index (χ3v) is 7.33. The molecule has 1 aromatic heterocycles. The van der Waals surface area contributed by atoms with Crippen LogP contribution in [0.3, 0.4) is 0 Å². The van der Waals surface area contributed by atoms with Gasteiger partial charge in [0.1, 0.15) is 17.2 Å². The van der Waals surface area contributed by atoms with Crippen LogP contribution in [0.1, 0.15) is 50.6 Å². The third-order valence-electron chi connectivity index (χ3n) is 7.33. The highest BCUT2D eigenvalue weighted by atomic mass is 16.5. The van der Waals surface area contributed by atoms with Crippen molar-refractivity contribution in [3.05, 3.63) is 59.4 Å². The Kier molecular flexibility index (Phi) is 8.01. The zero-order valence-corrected chi connectivity index (χ0v) is 22.5. The normalized spacial score (nSPS) is 16.8. The number of nitrogens with one attached hydrogen (secondary N) is 3. The molecule has 202 valence electrons. The van der Waals surface area contributed by atoms with Crippen molar-refractivity contribution in [3.8, 4) is 0 Å². The second-order valence-electron chi connectivity index (χ2n) is 9.91. The van der Waals surface area contributed by atoms with E-state index in [1.165, 1.54) is 0 Å². The van der Waals surface area contributed by atoms with E-state index in [-0.39, 0.29) is 30.9 Å². The number of ether oxygens (including phenoxy) is 1. The van der Waals surface area contributed by atoms with Crippen molar-refractivity contribution in [3.63, 3.8) is 0 Å². The molecule has 0 saturated carbocycles. The summed E-state index contributed by atoms with van der Waals surface area (Å²) in [7, 11) is 1.96. The highest BCUT2D eigenvalue weighted by Gasteiger charge is 2.41. The average Bonchev–Trinajstić information content (AvgIpc) is 3.48. The Hall–Kier alpha value is -3.92. The van der Waals surface area contributed by atoms with Crippen LogP contribution in [-0.4, -0.2) is 57.9 Å². The van der Waals surface area contributed by atoms with Gasteiger partial charge in [-0.2, -0.15) is 0 Å². The number of nitrogens with two attached hydrogens (primary N) is 1. The summed E-state index contributed by atoms with van der Waals surface area (Å²) in [5.41, 5.74) is 8.43. The zero-order chi connectivity index (χ0) is 27.4. The molecule has 5 N–H and O–H groups in total. The predicted octanol–water partition coefficient (Wildman–Crippen LogP) is 2.85.